The number of carbonyl (C=O) groups is 2. The van der Waals surface area contributed by atoms with E-state index in [0.29, 0.717) is 36.7 Å². The summed E-state index contributed by atoms with van der Waals surface area (Å²) < 4.78 is 10.9. The van der Waals surface area contributed by atoms with Gasteiger partial charge in [-0.25, -0.2) is 0 Å². The van der Waals surface area contributed by atoms with Gasteiger partial charge in [-0.15, -0.1) is 0 Å². The van der Waals surface area contributed by atoms with Gasteiger partial charge in [0.15, 0.2) is 11.5 Å². The molecule has 7 nitrogen and oxygen atoms in total. The summed E-state index contributed by atoms with van der Waals surface area (Å²) >= 11 is 0. The van der Waals surface area contributed by atoms with Crippen molar-refractivity contribution in [1.82, 2.24) is 15.2 Å². The highest BCUT2D eigenvalue weighted by Gasteiger charge is 2.51. The van der Waals surface area contributed by atoms with Crippen LogP contribution in [0.15, 0.2) is 42.7 Å². The Morgan fingerprint density at radius 1 is 1.09 bits per heavy atom. The molecule has 1 aromatic carbocycles. The van der Waals surface area contributed by atoms with Gasteiger partial charge in [-0.3, -0.25) is 14.6 Å². The molecule has 1 saturated carbocycles. The lowest BCUT2D eigenvalue weighted by Crippen LogP contribution is -2.42. The minimum absolute atomic E-state index is 0.00167. The van der Waals surface area contributed by atoms with E-state index >= 15 is 0 Å². The molecule has 0 radical (unpaired) electrons. The van der Waals surface area contributed by atoms with Crippen LogP contribution in [-0.2, 0) is 11.3 Å². The van der Waals surface area contributed by atoms with Crippen LogP contribution in [0.3, 0.4) is 0 Å². The van der Waals surface area contributed by atoms with Gasteiger partial charge in [0, 0.05) is 48.6 Å². The standard InChI is InChI=1S/C25H31N3O4/c1-31-21-8-6-7-19(22(21)32-2)15-27-23(29)20-16-28(17-25(20)11-4-3-5-12-25)24(30)18-9-13-26-14-10-18/h6-10,13-14,20H,3-5,11-12,15-17H2,1-2H3,(H,27,29)/t20-/m1/s1. The van der Waals surface area contributed by atoms with E-state index in [1.165, 1.54) is 6.42 Å². The summed E-state index contributed by atoms with van der Waals surface area (Å²) in [5, 5.41) is 3.12. The molecule has 1 atom stereocenters. The largest absolute Gasteiger partial charge is 0.493 e. The summed E-state index contributed by atoms with van der Waals surface area (Å²) in [7, 11) is 3.19. The second kappa shape index (κ2) is 9.59. The molecule has 1 saturated heterocycles. The van der Waals surface area contributed by atoms with Crippen LogP contribution in [0.1, 0.15) is 48.0 Å². The SMILES string of the molecule is COc1cccc(CNC(=O)[C@H]2CN(C(=O)c3ccncc3)CC23CCCCC3)c1OC. The molecule has 2 fully saturated rings. The van der Waals surface area contributed by atoms with Crippen molar-refractivity contribution in [1.29, 1.82) is 0 Å². The quantitative estimate of drug-likeness (QED) is 0.749. The van der Waals surface area contributed by atoms with Crippen LogP contribution >= 0.6 is 0 Å². The molecule has 32 heavy (non-hydrogen) atoms. The van der Waals surface area contributed by atoms with Crippen LogP contribution < -0.4 is 14.8 Å². The summed E-state index contributed by atoms with van der Waals surface area (Å²) in [5.74, 6) is 1.02. The van der Waals surface area contributed by atoms with Crippen LogP contribution in [-0.4, -0.2) is 49.0 Å². The van der Waals surface area contributed by atoms with Gasteiger partial charge in [-0.1, -0.05) is 31.4 Å². The van der Waals surface area contributed by atoms with Gasteiger partial charge >= 0.3 is 0 Å². The Kier molecular flexibility index (Phi) is 6.63. The Bertz CT molecular complexity index is 957. The fourth-order valence-electron chi connectivity index (χ4n) is 5.32. The molecular formula is C25H31N3O4. The van der Waals surface area contributed by atoms with Gasteiger partial charge in [0.25, 0.3) is 5.91 Å². The number of likely N-dealkylation sites (tertiary alicyclic amines) is 1. The van der Waals surface area contributed by atoms with Gasteiger partial charge < -0.3 is 19.7 Å². The number of hydrogen-bond acceptors (Lipinski definition) is 5. The number of ether oxygens (including phenoxy) is 2. The van der Waals surface area contributed by atoms with Crippen molar-refractivity contribution in [2.45, 2.75) is 38.6 Å². The van der Waals surface area contributed by atoms with Crippen molar-refractivity contribution in [2.24, 2.45) is 11.3 Å². The highest BCUT2D eigenvalue weighted by Crippen LogP contribution is 2.48. The van der Waals surface area contributed by atoms with E-state index in [1.807, 2.05) is 23.1 Å². The van der Waals surface area contributed by atoms with Gasteiger partial charge in [0.1, 0.15) is 0 Å². The molecule has 170 valence electrons. The molecule has 0 unspecified atom stereocenters. The summed E-state index contributed by atoms with van der Waals surface area (Å²) in [6.07, 6.45) is 8.61. The molecule has 1 aliphatic heterocycles. The average Bonchev–Trinajstić information content (AvgIpc) is 3.21. The number of amides is 2. The molecule has 0 bridgehead atoms. The third-order valence-corrected chi connectivity index (χ3v) is 6.97. The molecular weight excluding hydrogens is 406 g/mol. The van der Waals surface area contributed by atoms with E-state index in [2.05, 4.69) is 10.3 Å². The number of aromatic nitrogens is 1. The lowest BCUT2D eigenvalue weighted by atomic mass is 9.67. The van der Waals surface area contributed by atoms with Gasteiger partial charge in [0.05, 0.1) is 20.1 Å². The minimum atomic E-state index is -0.217. The molecule has 1 aliphatic carbocycles. The lowest BCUT2D eigenvalue weighted by molar-refractivity contribution is -0.128. The van der Waals surface area contributed by atoms with E-state index in [9.17, 15) is 9.59 Å². The first kappa shape index (κ1) is 22.1. The summed E-state index contributed by atoms with van der Waals surface area (Å²) in [6, 6.07) is 9.11. The van der Waals surface area contributed by atoms with Crippen LogP contribution in [0.25, 0.3) is 0 Å². The van der Waals surface area contributed by atoms with Crippen molar-refractivity contribution >= 4 is 11.8 Å². The fraction of sp³-hybridized carbons (Fsp3) is 0.480. The van der Waals surface area contributed by atoms with Crippen LogP contribution in [0.5, 0.6) is 11.5 Å². The zero-order valence-corrected chi connectivity index (χ0v) is 18.8. The maximum Gasteiger partial charge on any atom is 0.254 e. The van der Waals surface area contributed by atoms with Crippen molar-refractivity contribution < 1.29 is 19.1 Å². The molecule has 1 spiro atoms. The van der Waals surface area contributed by atoms with E-state index in [4.69, 9.17) is 9.47 Å². The second-order valence-corrected chi connectivity index (χ2v) is 8.77. The molecule has 2 heterocycles. The zero-order valence-electron chi connectivity index (χ0n) is 18.8. The normalized spacial score (nSPS) is 19.6. The number of nitrogens with one attached hydrogen (secondary N) is 1. The van der Waals surface area contributed by atoms with Crippen molar-refractivity contribution in [3.05, 3.63) is 53.9 Å². The first-order chi connectivity index (χ1) is 15.6. The van der Waals surface area contributed by atoms with Crippen LogP contribution in [0.2, 0.25) is 0 Å². The number of benzene rings is 1. The lowest BCUT2D eigenvalue weighted by Gasteiger charge is -2.37. The number of methoxy groups -OCH3 is 2. The van der Waals surface area contributed by atoms with E-state index in [0.717, 1.165) is 31.2 Å². The Morgan fingerprint density at radius 2 is 1.84 bits per heavy atom. The summed E-state index contributed by atoms with van der Waals surface area (Å²) in [5.41, 5.74) is 1.33. The third kappa shape index (κ3) is 4.29. The molecule has 4 rings (SSSR count). The monoisotopic (exact) mass is 437 g/mol. The predicted octanol–water partition coefficient (Wildman–Crippen LogP) is 3.44. The maximum absolute atomic E-state index is 13.4. The molecule has 2 amide bonds. The topological polar surface area (TPSA) is 80.8 Å². The average molecular weight is 438 g/mol. The molecule has 7 heteroatoms. The van der Waals surface area contributed by atoms with Crippen LogP contribution in [0, 0.1) is 11.3 Å². The number of carbonyl (C=O) groups excluding carboxylic acids is 2. The van der Waals surface area contributed by atoms with Crippen molar-refractivity contribution in [3.8, 4) is 11.5 Å². The molecule has 2 aliphatic rings. The Hall–Kier alpha value is -3.09. The van der Waals surface area contributed by atoms with E-state index < -0.39 is 0 Å². The van der Waals surface area contributed by atoms with Gasteiger partial charge in [-0.05, 0) is 31.0 Å². The highest BCUT2D eigenvalue weighted by atomic mass is 16.5. The summed E-state index contributed by atoms with van der Waals surface area (Å²) in [6.45, 7) is 1.43. The smallest absolute Gasteiger partial charge is 0.254 e. The van der Waals surface area contributed by atoms with Crippen molar-refractivity contribution in [2.75, 3.05) is 27.3 Å². The zero-order chi connectivity index (χ0) is 22.6. The van der Waals surface area contributed by atoms with Crippen molar-refractivity contribution in [3.63, 3.8) is 0 Å². The molecule has 1 aromatic heterocycles. The van der Waals surface area contributed by atoms with E-state index in [-0.39, 0.29) is 23.1 Å². The Morgan fingerprint density at radius 3 is 2.53 bits per heavy atom. The first-order valence-electron chi connectivity index (χ1n) is 11.2. The number of nitrogens with zero attached hydrogens (tertiary/aromatic N) is 2. The highest BCUT2D eigenvalue weighted by molar-refractivity contribution is 5.95. The fourth-order valence-corrected chi connectivity index (χ4v) is 5.32. The van der Waals surface area contributed by atoms with Crippen LogP contribution in [0.4, 0.5) is 0 Å². The number of pyridine rings is 1. The maximum atomic E-state index is 13.4. The second-order valence-electron chi connectivity index (χ2n) is 8.77. The number of hydrogen-bond donors (Lipinski definition) is 1. The summed E-state index contributed by atoms with van der Waals surface area (Å²) in [4.78, 5) is 32.4. The molecule has 1 N–H and O–H groups in total. The van der Waals surface area contributed by atoms with E-state index in [1.54, 1.807) is 38.7 Å². The minimum Gasteiger partial charge on any atom is -0.493 e. The third-order valence-electron chi connectivity index (χ3n) is 6.97. The first-order valence-corrected chi connectivity index (χ1v) is 11.2. The number of para-hydroxylation sites is 1. The van der Waals surface area contributed by atoms with Gasteiger partial charge in [0.2, 0.25) is 5.91 Å². The Balaban J connectivity index is 1.51. The predicted molar refractivity (Wildman–Crippen MR) is 121 cm³/mol. The number of rotatable bonds is 6. The van der Waals surface area contributed by atoms with Gasteiger partial charge in [-0.2, -0.15) is 0 Å². The molecule has 2 aromatic rings. The Labute approximate surface area is 189 Å².